The van der Waals surface area contributed by atoms with Gasteiger partial charge in [-0.2, -0.15) is 0 Å². The second-order valence-corrected chi connectivity index (χ2v) is 6.32. The molecule has 106 valence electrons. The van der Waals surface area contributed by atoms with E-state index in [-0.39, 0.29) is 11.2 Å². The normalized spacial score (nSPS) is 12.2. The van der Waals surface area contributed by atoms with Crippen LogP contribution in [0, 0.1) is 0 Å². The van der Waals surface area contributed by atoms with Crippen LogP contribution in [0.25, 0.3) is 0 Å². The summed E-state index contributed by atoms with van der Waals surface area (Å²) in [5.74, 6) is 1.37. The molecule has 0 bridgehead atoms. The summed E-state index contributed by atoms with van der Waals surface area (Å²) in [6.07, 6.45) is 1.62. The van der Waals surface area contributed by atoms with Crippen molar-refractivity contribution in [1.29, 1.82) is 0 Å². The van der Waals surface area contributed by atoms with Crippen molar-refractivity contribution in [3.63, 3.8) is 0 Å². The van der Waals surface area contributed by atoms with Gasteiger partial charge in [-0.05, 0) is 37.3 Å². The number of amides is 1. The zero-order chi connectivity index (χ0) is 14.5. The number of thioether (sulfide) groups is 1. The van der Waals surface area contributed by atoms with Crippen LogP contribution in [-0.4, -0.2) is 11.2 Å². The highest BCUT2D eigenvalue weighted by atomic mass is 35.5. The van der Waals surface area contributed by atoms with E-state index < -0.39 is 0 Å². The molecule has 1 unspecified atom stereocenters. The van der Waals surface area contributed by atoms with Crippen molar-refractivity contribution >= 4 is 46.6 Å². The predicted molar refractivity (Wildman–Crippen MR) is 84.6 cm³/mol. The van der Waals surface area contributed by atoms with Crippen molar-refractivity contribution in [2.45, 2.75) is 17.9 Å². The van der Waals surface area contributed by atoms with Crippen molar-refractivity contribution in [3.8, 4) is 0 Å². The van der Waals surface area contributed by atoms with E-state index in [0.29, 0.717) is 21.5 Å². The first kappa shape index (κ1) is 15.3. The number of anilines is 1. The number of nitrogens with one attached hydrogen (secondary N) is 1. The highest BCUT2D eigenvalue weighted by Crippen LogP contribution is 2.26. The lowest BCUT2D eigenvalue weighted by molar-refractivity contribution is -0.115. The molecule has 0 radical (unpaired) electrons. The maximum Gasteiger partial charge on any atom is 0.237 e. The Morgan fingerprint density at radius 3 is 2.90 bits per heavy atom. The topological polar surface area (TPSA) is 42.2 Å². The Kier molecular flexibility index (Phi) is 5.40. The van der Waals surface area contributed by atoms with Crippen molar-refractivity contribution in [1.82, 2.24) is 0 Å². The van der Waals surface area contributed by atoms with E-state index >= 15 is 0 Å². The summed E-state index contributed by atoms with van der Waals surface area (Å²) in [5, 5.41) is 3.54. The summed E-state index contributed by atoms with van der Waals surface area (Å²) >= 11 is 13.4. The molecule has 6 heteroatoms. The van der Waals surface area contributed by atoms with Crippen LogP contribution in [-0.2, 0) is 10.5 Å². The molecule has 1 atom stereocenters. The Bertz CT molecular complexity index is 587. The molecular weight excluding hydrogens is 317 g/mol. The highest BCUT2D eigenvalue weighted by molar-refractivity contribution is 7.99. The zero-order valence-electron chi connectivity index (χ0n) is 10.7. The van der Waals surface area contributed by atoms with Crippen molar-refractivity contribution in [3.05, 3.63) is 52.4 Å². The van der Waals surface area contributed by atoms with Gasteiger partial charge in [-0.1, -0.05) is 23.2 Å². The average Bonchev–Trinajstić information content (AvgIpc) is 2.93. The summed E-state index contributed by atoms with van der Waals surface area (Å²) in [4.78, 5) is 12.1. The molecule has 2 aromatic rings. The molecule has 0 aliphatic rings. The first-order valence-electron chi connectivity index (χ1n) is 5.96. The second kappa shape index (κ2) is 7.07. The molecule has 0 aliphatic heterocycles. The maximum atomic E-state index is 12.1. The van der Waals surface area contributed by atoms with Gasteiger partial charge in [-0.15, -0.1) is 11.8 Å². The fourth-order valence-electron chi connectivity index (χ4n) is 1.51. The third-order valence-corrected chi connectivity index (χ3v) is 4.34. The van der Waals surface area contributed by atoms with E-state index in [2.05, 4.69) is 5.32 Å². The molecule has 1 N–H and O–H groups in total. The molecule has 0 saturated heterocycles. The van der Waals surface area contributed by atoms with Gasteiger partial charge in [0.1, 0.15) is 5.76 Å². The Morgan fingerprint density at radius 1 is 1.40 bits per heavy atom. The zero-order valence-corrected chi connectivity index (χ0v) is 13.1. The average molecular weight is 330 g/mol. The molecule has 0 spiro atoms. The van der Waals surface area contributed by atoms with Gasteiger partial charge in [0, 0.05) is 5.02 Å². The molecule has 1 aromatic carbocycles. The number of benzene rings is 1. The molecule has 1 aromatic heterocycles. The predicted octanol–water partition coefficient (Wildman–Crippen LogP) is 4.85. The molecule has 20 heavy (non-hydrogen) atoms. The molecule has 0 saturated carbocycles. The summed E-state index contributed by atoms with van der Waals surface area (Å²) in [7, 11) is 0. The van der Waals surface area contributed by atoms with Gasteiger partial charge >= 0.3 is 0 Å². The molecule has 3 nitrogen and oxygen atoms in total. The molecule has 0 fully saturated rings. The van der Waals surface area contributed by atoms with Gasteiger partial charge < -0.3 is 9.73 Å². The van der Waals surface area contributed by atoms with Gasteiger partial charge in [0.15, 0.2) is 0 Å². The quantitative estimate of drug-likeness (QED) is 0.852. The first-order chi connectivity index (χ1) is 9.56. The monoisotopic (exact) mass is 329 g/mol. The van der Waals surface area contributed by atoms with Crippen LogP contribution in [0.5, 0.6) is 0 Å². The van der Waals surface area contributed by atoms with Gasteiger partial charge in [-0.3, -0.25) is 4.79 Å². The lowest BCUT2D eigenvalue weighted by Crippen LogP contribution is -2.22. The number of hydrogen-bond acceptors (Lipinski definition) is 3. The number of rotatable bonds is 5. The van der Waals surface area contributed by atoms with E-state index in [9.17, 15) is 4.79 Å². The van der Waals surface area contributed by atoms with Crippen LogP contribution in [0.15, 0.2) is 41.0 Å². The van der Waals surface area contributed by atoms with Crippen LogP contribution in [0.3, 0.4) is 0 Å². The third-order valence-electron chi connectivity index (χ3n) is 2.61. The minimum atomic E-state index is -0.227. The van der Waals surface area contributed by atoms with Crippen molar-refractivity contribution in [2.75, 3.05) is 5.32 Å². The summed E-state index contributed by atoms with van der Waals surface area (Å²) in [6, 6.07) is 8.67. The number of carbonyl (C=O) groups excluding carboxylic acids is 1. The first-order valence-corrected chi connectivity index (χ1v) is 7.76. The van der Waals surface area contributed by atoms with Crippen LogP contribution < -0.4 is 5.32 Å². The van der Waals surface area contributed by atoms with Crippen molar-refractivity contribution in [2.24, 2.45) is 0 Å². The lowest BCUT2D eigenvalue weighted by Gasteiger charge is -2.12. The number of carbonyl (C=O) groups is 1. The van der Waals surface area contributed by atoms with E-state index in [0.717, 1.165) is 5.76 Å². The molecule has 2 rings (SSSR count). The van der Waals surface area contributed by atoms with Crippen molar-refractivity contribution < 1.29 is 9.21 Å². The fourth-order valence-corrected chi connectivity index (χ4v) is 2.63. The van der Waals surface area contributed by atoms with Crippen LogP contribution in [0.1, 0.15) is 12.7 Å². The highest BCUT2D eigenvalue weighted by Gasteiger charge is 2.15. The lowest BCUT2D eigenvalue weighted by atomic mass is 10.3. The summed E-state index contributed by atoms with van der Waals surface area (Å²) in [5.41, 5.74) is 0.523. The maximum absolute atomic E-state index is 12.1. The van der Waals surface area contributed by atoms with Crippen LogP contribution in [0.4, 0.5) is 5.69 Å². The van der Waals surface area contributed by atoms with E-state index in [1.54, 1.807) is 24.5 Å². The molecule has 1 amide bonds. The van der Waals surface area contributed by atoms with Crippen LogP contribution >= 0.6 is 35.0 Å². The van der Waals surface area contributed by atoms with E-state index in [1.165, 1.54) is 11.8 Å². The second-order valence-electron chi connectivity index (χ2n) is 4.15. The number of hydrogen-bond donors (Lipinski definition) is 1. The fraction of sp³-hybridized carbons (Fsp3) is 0.214. The Labute approximate surface area is 131 Å². The number of halogens is 2. The van der Waals surface area contributed by atoms with E-state index in [4.69, 9.17) is 27.6 Å². The van der Waals surface area contributed by atoms with Gasteiger partial charge in [0.25, 0.3) is 0 Å². The standard InChI is InChI=1S/C14H13Cl2NO2S/c1-9(20-8-11-3-2-6-19-11)14(18)17-13-7-10(15)4-5-12(13)16/h2-7,9H,8H2,1H3,(H,17,18). The van der Waals surface area contributed by atoms with Crippen LogP contribution in [0.2, 0.25) is 10.0 Å². The largest absolute Gasteiger partial charge is 0.468 e. The smallest absolute Gasteiger partial charge is 0.237 e. The molecule has 1 heterocycles. The Balaban J connectivity index is 1.92. The Morgan fingerprint density at radius 2 is 2.20 bits per heavy atom. The third kappa shape index (κ3) is 4.20. The van der Waals surface area contributed by atoms with Gasteiger partial charge in [-0.25, -0.2) is 0 Å². The summed E-state index contributed by atoms with van der Waals surface area (Å²) < 4.78 is 5.23. The SMILES string of the molecule is CC(SCc1ccco1)C(=O)Nc1cc(Cl)ccc1Cl. The Hall–Kier alpha value is -1.10. The number of furan rings is 1. The van der Waals surface area contributed by atoms with E-state index in [1.807, 2.05) is 19.1 Å². The van der Waals surface area contributed by atoms with Gasteiger partial charge in [0.2, 0.25) is 5.91 Å². The van der Waals surface area contributed by atoms with Gasteiger partial charge in [0.05, 0.1) is 28.0 Å². The molecular formula is C14H13Cl2NO2S. The minimum absolute atomic E-state index is 0.120. The minimum Gasteiger partial charge on any atom is -0.468 e. The molecule has 0 aliphatic carbocycles. The summed E-state index contributed by atoms with van der Waals surface area (Å²) in [6.45, 7) is 1.83.